The van der Waals surface area contributed by atoms with E-state index in [9.17, 15) is 4.79 Å². The number of aliphatic carboxylic acids is 1. The minimum Gasteiger partial charge on any atom is -0.481 e. The molecule has 0 heterocycles. The number of alkyl halides is 2. The van der Waals surface area contributed by atoms with Crippen molar-refractivity contribution in [3.8, 4) is 0 Å². The second-order valence-corrected chi connectivity index (χ2v) is 11.9. The summed E-state index contributed by atoms with van der Waals surface area (Å²) in [6.45, 7) is 9.02. The van der Waals surface area contributed by atoms with Gasteiger partial charge >= 0.3 is 5.97 Å². The highest BCUT2D eigenvalue weighted by molar-refractivity contribution is 5.66. The van der Waals surface area contributed by atoms with Gasteiger partial charge in [0.05, 0.1) is 0 Å². The van der Waals surface area contributed by atoms with Crippen LogP contribution in [0.4, 0.5) is 8.78 Å². The van der Waals surface area contributed by atoms with Crippen molar-refractivity contribution >= 4 is 5.97 Å². The Morgan fingerprint density at radius 1 is 1.07 bits per heavy atom. The number of halogens is 2. The second kappa shape index (κ2) is 7.19. The van der Waals surface area contributed by atoms with Crippen molar-refractivity contribution in [2.75, 3.05) is 0 Å². The number of carboxylic acids is 1. The van der Waals surface area contributed by atoms with Gasteiger partial charge < -0.3 is 5.11 Å². The predicted octanol–water partition coefficient (Wildman–Crippen LogP) is 7.03. The summed E-state index contributed by atoms with van der Waals surface area (Å²) >= 11 is 0. The lowest BCUT2D eigenvalue weighted by Crippen LogP contribution is -2.60. The molecule has 29 heavy (non-hydrogen) atoms. The molecule has 0 aromatic rings. The van der Waals surface area contributed by atoms with Crippen molar-refractivity contribution in [2.45, 2.75) is 97.8 Å². The quantitative estimate of drug-likeness (QED) is 0.540. The van der Waals surface area contributed by atoms with E-state index in [0.29, 0.717) is 24.2 Å². The van der Waals surface area contributed by atoms with E-state index < -0.39 is 17.8 Å². The fraction of sp³-hybridized carbons (Fsp3) is 0.960. The zero-order valence-electron chi connectivity index (χ0n) is 18.7. The molecule has 4 saturated carbocycles. The fourth-order valence-corrected chi connectivity index (χ4v) is 8.90. The minimum absolute atomic E-state index is 0.0479. The molecule has 4 aliphatic rings. The molecule has 0 aromatic carbocycles. The second-order valence-electron chi connectivity index (χ2n) is 11.9. The van der Waals surface area contributed by atoms with Gasteiger partial charge in [0.2, 0.25) is 0 Å². The zero-order valence-corrected chi connectivity index (χ0v) is 18.7. The van der Waals surface area contributed by atoms with Gasteiger partial charge in [-0.1, -0.05) is 34.1 Å². The molecule has 0 amide bonds. The van der Waals surface area contributed by atoms with E-state index in [0.717, 1.165) is 38.5 Å². The first-order valence-electron chi connectivity index (χ1n) is 12.1. The van der Waals surface area contributed by atoms with Crippen molar-refractivity contribution in [1.82, 2.24) is 0 Å². The third-order valence-corrected chi connectivity index (χ3v) is 10.5. The van der Waals surface area contributed by atoms with Crippen LogP contribution in [0.1, 0.15) is 91.9 Å². The number of fused-ring (bicyclic) bond motifs is 5. The van der Waals surface area contributed by atoms with Gasteiger partial charge in [0.25, 0.3) is 5.92 Å². The van der Waals surface area contributed by atoms with Gasteiger partial charge in [-0.15, -0.1) is 0 Å². The third-order valence-electron chi connectivity index (χ3n) is 10.5. The molecule has 0 aromatic heterocycles. The van der Waals surface area contributed by atoms with Crippen molar-refractivity contribution in [3.63, 3.8) is 0 Å². The Morgan fingerprint density at radius 2 is 1.72 bits per heavy atom. The van der Waals surface area contributed by atoms with Gasteiger partial charge in [-0.3, -0.25) is 4.79 Å². The average molecular weight is 411 g/mol. The molecule has 0 bridgehead atoms. The van der Waals surface area contributed by atoms with E-state index in [4.69, 9.17) is 5.11 Å². The molecule has 166 valence electrons. The van der Waals surface area contributed by atoms with Crippen LogP contribution in [0.3, 0.4) is 0 Å². The first kappa shape index (κ1) is 21.6. The molecule has 4 aliphatic carbocycles. The number of hydrogen-bond acceptors (Lipinski definition) is 1. The normalized spacial score (nSPS) is 49.6. The van der Waals surface area contributed by atoms with Crippen LogP contribution in [-0.2, 0) is 4.79 Å². The Labute approximate surface area is 175 Å². The minimum atomic E-state index is -2.54. The summed E-state index contributed by atoms with van der Waals surface area (Å²) < 4.78 is 31.4. The van der Waals surface area contributed by atoms with Crippen molar-refractivity contribution in [1.29, 1.82) is 0 Å². The smallest absolute Gasteiger partial charge is 0.303 e. The number of carbonyl (C=O) groups is 1. The van der Waals surface area contributed by atoms with Crippen LogP contribution in [0.2, 0.25) is 0 Å². The Kier molecular flexibility index (Phi) is 5.35. The third kappa shape index (κ3) is 3.35. The predicted molar refractivity (Wildman–Crippen MR) is 111 cm³/mol. The van der Waals surface area contributed by atoms with E-state index >= 15 is 8.78 Å². The van der Waals surface area contributed by atoms with Crippen LogP contribution in [0, 0.1) is 52.3 Å². The fourth-order valence-electron chi connectivity index (χ4n) is 8.90. The Bertz CT molecular complexity index is 649. The zero-order chi connectivity index (χ0) is 21.2. The highest BCUT2D eigenvalue weighted by atomic mass is 19.3. The summed E-state index contributed by atoms with van der Waals surface area (Å²) in [4.78, 5) is 11.0. The van der Waals surface area contributed by atoms with E-state index in [1.165, 1.54) is 6.42 Å². The van der Waals surface area contributed by atoms with Gasteiger partial charge in [-0.05, 0) is 91.3 Å². The maximum Gasteiger partial charge on any atom is 0.303 e. The Hall–Kier alpha value is -0.670. The molecule has 4 rings (SSSR count). The van der Waals surface area contributed by atoms with Gasteiger partial charge in [-0.2, -0.15) is 0 Å². The largest absolute Gasteiger partial charge is 0.481 e. The summed E-state index contributed by atoms with van der Waals surface area (Å²) in [5, 5.41) is 9.08. The lowest BCUT2D eigenvalue weighted by Gasteiger charge is -2.63. The molecule has 9 unspecified atom stereocenters. The summed E-state index contributed by atoms with van der Waals surface area (Å²) in [6.07, 6.45) is 8.16. The number of carboxylic acid groups (broad SMARTS) is 1. The molecular weight excluding hydrogens is 370 g/mol. The monoisotopic (exact) mass is 410 g/mol. The van der Waals surface area contributed by atoms with Gasteiger partial charge in [0.15, 0.2) is 0 Å². The van der Waals surface area contributed by atoms with Gasteiger partial charge in [0.1, 0.15) is 0 Å². The number of rotatable bonds is 4. The van der Waals surface area contributed by atoms with E-state index in [1.54, 1.807) is 0 Å². The molecule has 1 N–H and O–H groups in total. The SMILES string of the molecule is CC1CCC2(C)C(C1)CC(F)(F)C1C2CCC2(C)C(C(C)CCC(=O)O)CCC12. The van der Waals surface area contributed by atoms with Crippen LogP contribution in [0.15, 0.2) is 0 Å². The summed E-state index contributed by atoms with van der Waals surface area (Å²) in [5.41, 5.74) is 0.0425. The molecule has 0 spiro atoms. The Morgan fingerprint density at radius 3 is 2.41 bits per heavy atom. The standard InChI is InChI=1S/C25H40F2O2/c1-15-9-11-23(3)17(13-15)14-25(26,27)22-19-7-6-18(16(2)5-8-21(28)29)24(19,4)12-10-20(22)23/h15-20,22H,5-14H2,1-4H3,(H,28,29). The number of hydrogen-bond donors (Lipinski definition) is 1. The van der Waals surface area contributed by atoms with Crippen molar-refractivity contribution < 1.29 is 18.7 Å². The maximum absolute atomic E-state index is 15.7. The van der Waals surface area contributed by atoms with E-state index in [2.05, 4.69) is 27.7 Å². The van der Waals surface area contributed by atoms with Crippen molar-refractivity contribution in [3.05, 3.63) is 0 Å². The molecule has 4 fully saturated rings. The summed E-state index contributed by atoms with van der Waals surface area (Å²) in [6, 6.07) is 0. The molecule has 0 radical (unpaired) electrons. The van der Waals surface area contributed by atoms with Crippen LogP contribution in [0.5, 0.6) is 0 Å². The van der Waals surface area contributed by atoms with Crippen LogP contribution in [0.25, 0.3) is 0 Å². The average Bonchev–Trinajstić information content (AvgIpc) is 2.98. The van der Waals surface area contributed by atoms with Gasteiger partial charge in [-0.25, -0.2) is 8.78 Å². The summed E-state index contributed by atoms with van der Waals surface area (Å²) in [5.74, 6) is -2.04. The highest BCUT2D eigenvalue weighted by Gasteiger charge is 2.68. The van der Waals surface area contributed by atoms with E-state index in [1.807, 2.05) is 0 Å². The lowest BCUT2D eigenvalue weighted by atomic mass is 9.43. The molecule has 2 nitrogen and oxygen atoms in total. The van der Waals surface area contributed by atoms with Crippen LogP contribution < -0.4 is 0 Å². The van der Waals surface area contributed by atoms with Crippen LogP contribution >= 0.6 is 0 Å². The first-order chi connectivity index (χ1) is 13.5. The topological polar surface area (TPSA) is 37.3 Å². The maximum atomic E-state index is 15.7. The first-order valence-corrected chi connectivity index (χ1v) is 12.1. The molecular formula is C25H40F2O2. The summed E-state index contributed by atoms with van der Waals surface area (Å²) in [7, 11) is 0. The van der Waals surface area contributed by atoms with Crippen molar-refractivity contribution in [2.24, 2.45) is 52.3 Å². The highest BCUT2D eigenvalue weighted by Crippen LogP contribution is 2.71. The molecule has 0 aliphatic heterocycles. The molecule has 0 saturated heterocycles. The van der Waals surface area contributed by atoms with E-state index in [-0.39, 0.29) is 41.4 Å². The lowest BCUT2D eigenvalue weighted by molar-refractivity contribution is -0.235. The molecule has 4 heteroatoms. The molecule has 9 atom stereocenters. The van der Waals surface area contributed by atoms with Gasteiger partial charge in [0, 0.05) is 18.8 Å². The van der Waals surface area contributed by atoms with Crippen LogP contribution in [-0.4, -0.2) is 17.0 Å². The Balaban J connectivity index is 1.60.